The van der Waals surface area contributed by atoms with E-state index in [2.05, 4.69) is 5.32 Å². The van der Waals surface area contributed by atoms with Crippen molar-refractivity contribution in [2.24, 2.45) is 0 Å². The summed E-state index contributed by atoms with van der Waals surface area (Å²) in [6.07, 6.45) is -0.952. The van der Waals surface area contributed by atoms with Crippen LogP contribution in [0.4, 0.5) is 5.69 Å². The molecule has 1 atom stereocenters. The minimum Gasteiger partial charge on any atom is -0.496 e. The highest BCUT2D eigenvalue weighted by atomic mass is 16.6. The van der Waals surface area contributed by atoms with E-state index in [1.807, 2.05) is 60.7 Å². The first-order valence-electron chi connectivity index (χ1n) is 9.39. The van der Waals surface area contributed by atoms with Gasteiger partial charge in [0.05, 0.1) is 24.1 Å². The molecule has 1 unspecified atom stereocenters. The second kappa shape index (κ2) is 9.56. The van der Waals surface area contributed by atoms with Gasteiger partial charge in [-0.15, -0.1) is 0 Å². The Morgan fingerprint density at radius 1 is 0.967 bits per heavy atom. The van der Waals surface area contributed by atoms with Crippen LogP contribution in [-0.2, 0) is 4.79 Å². The molecule has 1 amide bonds. The average Bonchev–Trinajstić information content (AvgIpc) is 2.78. The van der Waals surface area contributed by atoms with Crippen LogP contribution in [0.2, 0.25) is 0 Å². The number of rotatable bonds is 8. The summed E-state index contributed by atoms with van der Waals surface area (Å²) in [5.74, 6) is -0.0587. The zero-order chi connectivity index (χ0) is 21.5. The van der Waals surface area contributed by atoms with Crippen molar-refractivity contribution in [1.82, 2.24) is 5.32 Å². The molecule has 0 aromatic heterocycles. The molecule has 0 spiro atoms. The first-order valence-corrected chi connectivity index (χ1v) is 9.39. The van der Waals surface area contributed by atoms with Crippen molar-refractivity contribution in [2.45, 2.75) is 19.1 Å². The molecule has 0 aliphatic rings. The molecule has 7 heteroatoms. The number of nitrogens with zero attached hydrogens (tertiary/aromatic N) is 1. The van der Waals surface area contributed by atoms with E-state index in [1.165, 1.54) is 19.2 Å². The van der Waals surface area contributed by atoms with Crippen molar-refractivity contribution in [3.05, 3.63) is 100 Å². The molecule has 0 radical (unpaired) electrons. The molecular formula is C23H22N2O5. The molecule has 0 bridgehead atoms. The fraction of sp³-hybridized carbons (Fsp3) is 0.174. The number of carbonyl (C=O) groups is 1. The fourth-order valence-corrected chi connectivity index (χ4v) is 3.02. The van der Waals surface area contributed by atoms with Gasteiger partial charge < -0.3 is 14.8 Å². The number of carbonyl (C=O) groups excluding carboxylic acids is 1. The third kappa shape index (κ3) is 4.94. The van der Waals surface area contributed by atoms with Crippen molar-refractivity contribution in [3.8, 4) is 11.5 Å². The number of methoxy groups -OCH3 is 1. The van der Waals surface area contributed by atoms with Crippen molar-refractivity contribution in [1.29, 1.82) is 0 Å². The van der Waals surface area contributed by atoms with Crippen LogP contribution < -0.4 is 14.8 Å². The van der Waals surface area contributed by atoms with Crippen molar-refractivity contribution < 1.29 is 19.2 Å². The lowest BCUT2D eigenvalue weighted by Gasteiger charge is -2.22. The molecule has 0 saturated carbocycles. The summed E-state index contributed by atoms with van der Waals surface area (Å²) >= 11 is 0. The van der Waals surface area contributed by atoms with Gasteiger partial charge in [0.2, 0.25) is 0 Å². The lowest BCUT2D eigenvalue weighted by Crippen LogP contribution is -2.39. The van der Waals surface area contributed by atoms with Crippen LogP contribution in [-0.4, -0.2) is 24.0 Å². The van der Waals surface area contributed by atoms with E-state index in [9.17, 15) is 14.9 Å². The number of ether oxygens (including phenoxy) is 2. The Bertz CT molecular complexity index is 969. The van der Waals surface area contributed by atoms with Gasteiger partial charge in [0, 0.05) is 0 Å². The Labute approximate surface area is 174 Å². The maximum atomic E-state index is 12.9. The summed E-state index contributed by atoms with van der Waals surface area (Å²) < 4.78 is 10.7. The predicted octanol–water partition coefficient (Wildman–Crippen LogP) is 4.28. The number of hydrogen-bond acceptors (Lipinski definition) is 5. The maximum Gasteiger partial charge on any atom is 0.314 e. The standard InChI is InChI=1S/C23H22N2O5/c1-16(30-21-14-13-19(29-2)15-20(21)25(27)28)23(26)24-22(17-9-5-3-6-10-17)18-11-7-4-8-12-18/h3-16,22H,1-2H3,(H,24,26). The molecule has 0 aliphatic carbocycles. The quantitative estimate of drug-likeness (QED) is 0.445. The average molecular weight is 406 g/mol. The molecule has 3 aromatic rings. The molecule has 3 rings (SSSR count). The Hall–Kier alpha value is -3.87. The summed E-state index contributed by atoms with van der Waals surface area (Å²) in [5.41, 5.74) is 1.57. The van der Waals surface area contributed by atoms with Crippen LogP contribution in [0.15, 0.2) is 78.9 Å². The first-order chi connectivity index (χ1) is 14.5. The third-order valence-corrected chi connectivity index (χ3v) is 4.59. The number of hydrogen-bond donors (Lipinski definition) is 1. The van der Waals surface area contributed by atoms with Crippen LogP contribution in [0.25, 0.3) is 0 Å². The predicted molar refractivity (Wildman–Crippen MR) is 113 cm³/mol. The second-order valence-electron chi connectivity index (χ2n) is 6.61. The lowest BCUT2D eigenvalue weighted by molar-refractivity contribution is -0.386. The van der Waals surface area contributed by atoms with E-state index >= 15 is 0 Å². The van der Waals surface area contributed by atoms with Gasteiger partial charge >= 0.3 is 5.69 Å². The maximum absolute atomic E-state index is 12.9. The second-order valence-corrected chi connectivity index (χ2v) is 6.61. The van der Waals surface area contributed by atoms with E-state index in [4.69, 9.17) is 9.47 Å². The Morgan fingerprint density at radius 2 is 1.53 bits per heavy atom. The minimum absolute atomic E-state index is 0.000535. The van der Waals surface area contributed by atoms with Gasteiger partial charge in [0.1, 0.15) is 5.75 Å². The number of nitro benzene ring substituents is 1. The van der Waals surface area contributed by atoms with Crippen LogP contribution in [0, 0.1) is 10.1 Å². The molecule has 30 heavy (non-hydrogen) atoms. The third-order valence-electron chi connectivity index (χ3n) is 4.59. The van der Waals surface area contributed by atoms with Crippen LogP contribution in [0.5, 0.6) is 11.5 Å². The highest BCUT2D eigenvalue weighted by Gasteiger charge is 2.25. The molecule has 0 aliphatic heterocycles. The Kier molecular flexibility index (Phi) is 6.64. The highest BCUT2D eigenvalue weighted by Crippen LogP contribution is 2.32. The molecule has 7 nitrogen and oxygen atoms in total. The highest BCUT2D eigenvalue weighted by molar-refractivity contribution is 5.81. The smallest absolute Gasteiger partial charge is 0.314 e. The van der Waals surface area contributed by atoms with Crippen LogP contribution in [0.3, 0.4) is 0 Å². The molecule has 3 aromatic carbocycles. The van der Waals surface area contributed by atoms with Crippen molar-refractivity contribution >= 4 is 11.6 Å². The Balaban J connectivity index is 1.81. The summed E-state index contributed by atoms with van der Waals surface area (Å²) in [4.78, 5) is 23.7. The van der Waals surface area contributed by atoms with Gasteiger partial charge in [-0.2, -0.15) is 0 Å². The van der Waals surface area contributed by atoms with E-state index in [0.717, 1.165) is 11.1 Å². The first kappa shape index (κ1) is 20.9. The normalized spacial score (nSPS) is 11.6. The van der Waals surface area contributed by atoms with Crippen LogP contribution in [0.1, 0.15) is 24.1 Å². The topological polar surface area (TPSA) is 90.7 Å². The molecule has 1 N–H and O–H groups in total. The van der Waals surface area contributed by atoms with E-state index < -0.39 is 16.9 Å². The van der Waals surface area contributed by atoms with Gasteiger partial charge in [-0.25, -0.2) is 0 Å². The largest absolute Gasteiger partial charge is 0.496 e. The van der Waals surface area contributed by atoms with E-state index in [-0.39, 0.29) is 17.5 Å². The van der Waals surface area contributed by atoms with Gasteiger partial charge in [-0.05, 0) is 30.2 Å². The molecule has 0 heterocycles. The van der Waals surface area contributed by atoms with Gasteiger partial charge in [0.25, 0.3) is 5.91 Å². The van der Waals surface area contributed by atoms with Gasteiger partial charge in [-0.1, -0.05) is 60.7 Å². The fourth-order valence-electron chi connectivity index (χ4n) is 3.02. The van der Waals surface area contributed by atoms with E-state index in [0.29, 0.717) is 5.75 Å². The van der Waals surface area contributed by atoms with Crippen molar-refractivity contribution in [2.75, 3.05) is 7.11 Å². The number of benzene rings is 3. The zero-order valence-corrected chi connectivity index (χ0v) is 16.6. The van der Waals surface area contributed by atoms with Crippen LogP contribution >= 0.6 is 0 Å². The molecule has 154 valence electrons. The Morgan fingerprint density at radius 3 is 2.03 bits per heavy atom. The summed E-state index contributed by atoms with van der Waals surface area (Å²) in [6.45, 7) is 1.55. The summed E-state index contributed by atoms with van der Waals surface area (Å²) in [7, 11) is 1.42. The number of nitrogens with one attached hydrogen (secondary N) is 1. The summed E-state index contributed by atoms with van der Waals surface area (Å²) in [5, 5.41) is 14.3. The molecule has 0 saturated heterocycles. The SMILES string of the molecule is COc1ccc(OC(C)C(=O)NC(c2ccccc2)c2ccccc2)c([N+](=O)[O-])c1. The molecular weight excluding hydrogens is 384 g/mol. The number of amides is 1. The minimum atomic E-state index is -0.952. The van der Waals surface area contributed by atoms with Crippen molar-refractivity contribution in [3.63, 3.8) is 0 Å². The monoisotopic (exact) mass is 406 g/mol. The molecule has 0 fully saturated rings. The lowest BCUT2D eigenvalue weighted by atomic mass is 9.98. The zero-order valence-electron chi connectivity index (χ0n) is 16.6. The van der Waals surface area contributed by atoms with E-state index in [1.54, 1.807) is 13.0 Å². The van der Waals surface area contributed by atoms with Gasteiger partial charge in [0.15, 0.2) is 11.9 Å². The number of nitro groups is 1. The summed E-state index contributed by atoms with van der Waals surface area (Å²) in [6, 6.07) is 23.0. The van der Waals surface area contributed by atoms with Gasteiger partial charge in [-0.3, -0.25) is 14.9 Å².